The molecule has 1 aliphatic heterocycles. The minimum atomic E-state index is -0.425. The van der Waals surface area contributed by atoms with Crippen molar-refractivity contribution in [3.8, 4) is 5.75 Å². The second kappa shape index (κ2) is 7.64. The van der Waals surface area contributed by atoms with Crippen molar-refractivity contribution in [2.45, 2.75) is 25.9 Å². The maximum atomic E-state index is 11.9. The van der Waals surface area contributed by atoms with Crippen LogP contribution in [0.15, 0.2) is 24.3 Å². The molecule has 0 unspecified atom stereocenters. The highest BCUT2D eigenvalue weighted by Crippen LogP contribution is 2.19. The van der Waals surface area contributed by atoms with Crippen LogP contribution in [0, 0.1) is 0 Å². The molecule has 1 heterocycles. The second-order valence-electron chi connectivity index (χ2n) is 4.61. The van der Waals surface area contributed by atoms with Crippen LogP contribution in [0.2, 0.25) is 0 Å². The normalized spacial score (nSPS) is 17.3. The number of carbonyl (C=O) groups is 2. The van der Waals surface area contributed by atoms with Crippen molar-refractivity contribution in [3.05, 3.63) is 24.3 Å². The van der Waals surface area contributed by atoms with Gasteiger partial charge in [-0.25, -0.2) is 4.79 Å². The van der Waals surface area contributed by atoms with Gasteiger partial charge in [0.2, 0.25) is 0 Å². The summed E-state index contributed by atoms with van der Waals surface area (Å²) in [5.41, 5.74) is 0.608. The van der Waals surface area contributed by atoms with Crippen LogP contribution in [0.5, 0.6) is 5.75 Å². The Bertz CT molecular complexity index is 497. The first-order valence-electron chi connectivity index (χ1n) is 7.00. The molecule has 1 amide bonds. The van der Waals surface area contributed by atoms with Crippen LogP contribution >= 0.6 is 0 Å². The molecule has 0 saturated carbocycles. The fourth-order valence-corrected chi connectivity index (χ4v) is 2.02. The van der Waals surface area contributed by atoms with Crippen LogP contribution in [0.3, 0.4) is 0 Å². The zero-order valence-corrected chi connectivity index (χ0v) is 12.0. The van der Waals surface area contributed by atoms with Gasteiger partial charge in [-0.2, -0.15) is 0 Å². The van der Waals surface area contributed by atoms with Gasteiger partial charge in [0.15, 0.2) is 6.61 Å². The first-order valence-corrected chi connectivity index (χ1v) is 7.00. The number of anilines is 1. The van der Waals surface area contributed by atoms with Crippen molar-refractivity contribution in [1.82, 2.24) is 0 Å². The van der Waals surface area contributed by atoms with E-state index in [-0.39, 0.29) is 18.6 Å². The molecular formula is C15H19NO5. The van der Waals surface area contributed by atoms with Crippen LogP contribution in [0.25, 0.3) is 0 Å². The molecule has 1 aromatic carbocycles. The molecule has 0 bridgehead atoms. The van der Waals surface area contributed by atoms with E-state index in [1.54, 1.807) is 31.2 Å². The maximum absolute atomic E-state index is 11.9. The number of benzene rings is 1. The average molecular weight is 293 g/mol. The number of hydrogen-bond acceptors (Lipinski definition) is 5. The third kappa shape index (κ3) is 4.75. The fraction of sp³-hybridized carbons (Fsp3) is 0.467. The van der Waals surface area contributed by atoms with Gasteiger partial charge < -0.3 is 19.5 Å². The highest BCUT2D eigenvalue weighted by molar-refractivity contribution is 5.94. The van der Waals surface area contributed by atoms with E-state index in [0.29, 0.717) is 24.7 Å². The molecular weight excluding hydrogens is 274 g/mol. The molecule has 1 aliphatic rings. The molecule has 1 atom stereocenters. The molecule has 6 heteroatoms. The van der Waals surface area contributed by atoms with E-state index in [4.69, 9.17) is 14.2 Å². The number of ether oxygens (including phenoxy) is 3. The molecule has 0 spiro atoms. The van der Waals surface area contributed by atoms with Gasteiger partial charge in [0.25, 0.3) is 5.91 Å². The van der Waals surface area contributed by atoms with Crippen molar-refractivity contribution >= 4 is 17.6 Å². The first-order chi connectivity index (χ1) is 10.2. The van der Waals surface area contributed by atoms with E-state index in [1.807, 2.05) is 0 Å². The maximum Gasteiger partial charge on any atom is 0.344 e. The highest BCUT2D eigenvalue weighted by Gasteiger charge is 2.23. The zero-order valence-electron chi connectivity index (χ0n) is 12.0. The lowest BCUT2D eigenvalue weighted by atomic mass is 10.2. The van der Waals surface area contributed by atoms with E-state index >= 15 is 0 Å². The van der Waals surface area contributed by atoms with E-state index in [9.17, 15) is 9.59 Å². The summed E-state index contributed by atoms with van der Waals surface area (Å²) in [4.78, 5) is 23.1. The molecule has 2 rings (SSSR count). The van der Waals surface area contributed by atoms with Gasteiger partial charge in [0, 0.05) is 18.4 Å². The monoisotopic (exact) mass is 293 g/mol. The minimum Gasteiger partial charge on any atom is -0.482 e. The first kappa shape index (κ1) is 15.3. The summed E-state index contributed by atoms with van der Waals surface area (Å²) in [6.07, 6.45) is 1.26. The number of rotatable bonds is 6. The third-order valence-electron chi connectivity index (χ3n) is 2.99. The smallest absolute Gasteiger partial charge is 0.344 e. The Morgan fingerprint density at radius 2 is 2.29 bits per heavy atom. The Labute approximate surface area is 123 Å². The van der Waals surface area contributed by atoms with Crippen molar-refractivity contribution < 1.29 is 23.8 Å². The standard InChI is InChI=1S/C15H19NO5/c1-2-19-14(17)10-21-12-6-3-5-11(9-12)16-15(18)13-7-4-8-20-13/h3,5-6,9,13H,2,4,7-8,10H2,1H3,(H,16,18)/t13-/m1/s1. The van der Waals surface area contributed by atoms with Gasteiger partial charge >= 0.3 is 5.97 Å². The number of esters is 1. The van der Waals surface area contributed by atoms with E-state index in [2.05, 4.69) is 5.32 Å². The molecule has 0 aliphatic carbocycles. The third-order valence-corrected chi connectivity index (χ3v) is 2.99. The predicted octanol–water partition coefficient (Wildman–Crippen LogP) is 1.75. The second-order valence-corrected chi connectivity index (χ2v) is 4.61. The zero-order chi connectivity index (χ0) is 15.1. The fourth-order valence-electron chi connectivity index (χ4n) is 2.02. The highest BCUT2D eigenvalue weighted by atomic mass is 16.6. The summed E-state index contributed by atoms with van der Waals surface area (Å²) in [5.74, 6) is -0.0884. The summed E-state index contributed by atoms with van der Waals surface area (Å²) < 4.78 is 15.4. The van der Waals surface area contributed by atoms with Gasteiger partial charge in [0.05, 0.1) is 6.61 Å². The molecule has 0 aromatic heterocycles. The van der Waals surface area contributed by atoms with Crippen molar-refractivity contribution in [1.29, 1.82) is 0 Å². The Morgan fingerprint density at radius 1 is 1.43 bits per heavy atom. The molecule has 1 saturated heterocycles. The summed E-state index contributed by atoms with van der Waals surface area (Å²) in [7, 11) is 0. The van der Waals surface area contributed by atoms with Crippen molar-refractivity contribution in [2.75, 3.05) is 25.1 Å². The minimum absolute atomic E-state index is 0.156. The predicted molar refractivity (Wildman–Crippen MR) is 76.2 cm³/mol. The Morgan fingerprint density at radius 3 is 3.00 bits per heavy atom. The van der Waals surface area contributed by atoms with Gasteiger partial charge in [0.1, 0.15) is 11.9 Å². The van der Waals surface area contributed by atoms with E-state index in [0.717, 1.165) is 12.8 Å². The van der Waals surface area contributed by atoms with Crippen molar-refractivity contribution in [3.63, 3.8) is 0 Å². The molecule has 21 heavy (non-hydrogen) atoms. The average Bonchev–Trinajstić information content (AvgIpc) is 3.00. The van der Waals surface area contributed by atoms with Gasteiger partial charge in [-0.3, -0.25) is 4.79 Å². The lowest BCUT2D eigenvalue weighted by Crippen LogP contribution is -2.26. The number of nitrogens with one attached hydrogen (secondary N) is 1. The quantitative estimate of drug-likeness (QED) is 0.809. The molecule has 1 aromatic rings. The van der Waals surface area contributed by atoms with Crippen LogP contribution < -0.4 is 10.1 Å². The molecule has 1 fully saturated rings. The van der Waals surface area contributed by atoms with Crippen LogP contribution in [-0.2, 0) is 19.1 Å². The van der Waals surface area contributed by atoms with Gasteiger partial charge in [-0.1, -0.05) is 6.07 Å². The largest absolute Gasteiger partial charge is 0.482 e. The molecule has 114 valence electrons. The number of amides is 1. The Kier molecular flexibility index (Phi) is 5.57. The lowest BCUT2D eigenvalue weighted by Gasteiger charge is -2.11. The SMILES string of the molecule is CCOC(=O)COc1cccc(NC(=O)[C@H]2CCCO2)c1. The topological polar surface area (TPSA) is 73.9 Å². The van der Waals surface area contributed by atoms with E-state index in [1.165, 1.54) is 0 Å². The number of hydrogen-bond donors (Lipinski definition) is 1. The van der Waals surface area contributed by atoms with E-state index < -0.39 is 5.97 Å². The van der Waals surface area contributed by atoms with Gasteiger partial charge in [-0.05, 0) is 31.9 Å². The van der Waals surface area contributed by atoms with Crippen molar-refractivity contribution in [2.24, 2.45) is 0 Å². The summed E-state index contributed by atoms with van der Waals surface area (Å²) in [6, 6.07) is 6.86. The molecule has 0 radical (unpaired) electrons. The summed E-state index contributed by atoms with van der Waals surface area (Å²) >= 11 is 0. The molecule has 1 N–H and O–H groups in total. The van der Waals surface area contributed by atoms with Crippen LogP contribution in [0.4, 0.5) is 5.69 Å². The Balaban J connectivity index is 1.88. The molecule has 6 nitrogen and oxygen atoms in total. The summed E-state index contributed by atoms with van der Waals surface area (Å²) in [6.45, 7) is 2.52. The number of carbonyl (C=O) groups excluding carboxylic acids is 2. The lowest BCUT2D eigenvalue weighted by molar-refractivity contribution is -0.145. The Hall–Kier alpha value is -2.08. The summed E-state index contributed by atoms with van der Waals surface area (Å²) in [5, 5.41) is 2.78. The van der Waals surface area contributed by atoms with Gasteiger partial charge in [-0.15, -0.1) is 0 Å². The van der Waals surface area contributed by atoms with Crippen LogP contribution in [-0.4, -0.2) is 37.8 Å². The van der Waals surface area contributed by atoms with Crippen LogP contribution in [0.1, 0.15) is 19.8 Å².